The predicted molar refractivity (Wildman–Crippen MR) is 61.3 cm³/mol. The number of carbonyl (C=O) groups is 1. The summed E-state index contributed by atoms with van der Waals surface area (Å²) in [5.74, 6) is -0.0441. The molecule has 2 aliphatic heterocycles. The van der Waals surface area contributed by atoms with E-state index in [0.29, 0.717) is 12.6 Å². The number of esters is 1. The van der Waals surface area contributed by atoms with Crippen LogP contribution >= 0.6 is 0 Å². The van der Waals surface area contributed by atoms with Gasteiger partial charge in [0.05, 0.1) is 13.2 Å². The largest absolute Gasteiger partial charge is 0.464 e. The van der Waals surface area contributed by atoms with Crippen molar-refractivity contribution in [2.75, 3.05) is 13.2 Å². The number of aromatic nitrogens is 2. The average molecular weight is 235 g/mol. The van der Waals surface area contributed by atoms with Gasteiger partial charge in [0.15, 0.2) is 0 Å². The highest BCUT2D eigenvalue weighted by Gasteiger charge is 2.38. The second-order valence-corrected chi connectivity index (χ2v) is 4.73. The molecular weight excluding hydrogens is 218 g/mol. The lowest BCUT2D eigenvalue weighted by atomic mass is 10.1. The molecular formula is C12H17N3O2. The molecule has 92 valence electrons. The van der Waals surface area contributed by atoms with E-state index >= 15 is 0 Å². The molecule has 0 spiro atoms. The molecule has 5 heteroatoms. The fourth-order valence-electron chi connectivity index (χ4n) is 2.88. The molecule has 2 aliphatic rings. The highest BCUT2D eigenvalue weighted by Crippen LogP contribution is 2.25. The third-order valence-corrected chi connectivity index (χ3v) is 3.69. The topological polar surface area (TPSA) is 47.4 Å². The van der Waals surface area contributed by atoms with Gasteiger partial charge in [-0.3, -0.25) is 14.4 Å². The van der Waals surface area contributed by atoms with Crippen molar-refractivity contribution < 1.29 is 9.53 Å². The maximum atomic E-state index is 11.6. The number of ether oxygens (including phenoxy) is 1. The highest BCUT2D eigenvalue weighted by molar-refractivity contribution is 5.77. The third kappa shape index (κ3) is 2.07. The average Bonchev–Trinajstić information content (AvgIpc) is 3.00. The van der Waals surface area contributed by atoms with Crippen molar-refractivity contribution in [1.82, 2.24) is 14.7 Å². The summed E-state index contributed by atoms with van der Waals surface area (Å²) in [6.45, 7) is 2.46. The Labute approximate surface area is 100 Å². The number of rotatable bonds is 3. The van der Waals surface area contributed by atoms with E-state index in [1.807, 2.05) is 16.9 Å². The molecule has 0 N–H and O–H groups in total. The summed E-state index contributed by atoms with van der Waals surface area (Å²) in [7, 11) is 0. The van der Waals surface area contributed by atoms with Crippen molar-refractivity contribution in [2.24, 2.45) is 0 Å². The van der Waals surface area contributed by atoms with Gasteiger partial charge in [0.2, 0.25) is 0 Å². The molecule has 1 aromatic rings. The van der Waals surface area contributed by atoms with Crippen LogP contribution in [0.5, 0.6) is 0 Å². The van der Waals surface area contributed by atoms with Crippen molar-refractivity contribution in [3.05, 3.63) is 18.5 Å². The highest BCUT2D eigenvalue weighted by atomic mass is 16.5. The first-order chi connectivity index (χ1) is 8.34. The van der Waals surface area contributed by atoms with E-state index in [9.17, 15) is 4.79 Å². The summed E-state index contributed by atoms with van der Waals surface area (Å²) in [6, 6.07) is 2.34. The summed E-state index contributed by atoms with van der Waals surface area (Å²) in [5, 5.41) is 4.23. The summed E-state index contributed by atoms with van der Waals surface area (Å²) in [6.07, 6.45) is 6.92. The smallest absolute Gasteiger partial charge is 0.323 e. The lowest BCUT2D eigenvalue weighted by Gasteiger charge is -2.27. The van der Waals surface area contributed by atoms with Gasteiger partial charge < -0.3 is 4.74 Å². The molecule has 0 amide bonds. The minimum absolute atomic E-state index is 0.0157. The lowest BCUT2D eigenvalue weighted by Crippen LogP contribution is -2.43. The zero-order valence-corrected chi connectivity index (χ0v) is 9.79. The van der Waals surface area contributed by atoms with Gasteiger partial charge in [-0.1, -0.05) is 0 Å². The maximum Gasteiger partial charge on any atom is 0.323 e. The van der Waals surface area contributed by atoms with Crippen molar-refractivity contribution in [2.45, 2.75) is 37.9 Å². The molecule has 5 nitrogen and oxygen atoms in total. The fraction of sp³-hybridized carbons (Fsp3) is 0.667. The van der Waals surface area contributed by atoms with Gasteiger partial charge in [0, 0.05) is 24.9 Å². The van der Waals surface area contributed by atoms with E-state index in [4.69, 9.17) is 4.74 Å². The molecule has 0 bridgehead atoms. The van der Waals surface area contributed by atoms with Gasteiger partial charge in [0.25, 0.3) is 0 Å². The van der Waals surface area contributed by atoms with Crippen LogP contribution in [-0.2, 0) is 16.1 Å². The molecule has 3 rings (SSSR count). The first-order valence-corrected chi connectivity index (χ1v) is 6.24. The number of cyclic esters (lactones) is 1. The second-order valence-electron chi connectivity index (χ2n) is 4.73. The van der Waals surface area contributed by atoms with Gasteiger partial charge in [0.1, 0.15) is 6.04 Å². The first-order valence-electron chi connectivity index (χ1n) is 6.24. The van der Waals surface area contributed by atoms with Crippen molar-refractivity contribution in [3.63, 3.8) is 0 Å². The Balaban J connectivity index is 1.69. The summed E-state index contributed by atoms with van der Waals surface area (Å²) in [4.78, 5) is 13.9. The molecule has 0 aromatic carbocycles. The van der Waals surface area contributed by atoms with Gasteiger partial charge in [-0.2, -0.15) is 5.10 Å². The van der Waals surface area contributed by atoms with Crippen LogP contribution in [-0.4, -0.2) is 45.9 Å². The number of nitrogens with zero attached hydrogens (tertiary/aromatic N) is 3. The molecule has 0 aliphatic carbocycles. The van der Waals surface area contributed by atoms with Crippen LogP contribution in [0.4, 0.5) is 0 Å². The van der Waals surface area contributed by atoms with Gasteiger partial charge in [-0.25, -0.2) is 0 Å². The Morgan fingerprint density at radius 1 is 1.47 bits per heavy atom. The molecule has 2 saturated heterocycles. The van der Waals surface area contributed by atoms with Gasteiger partial charge in [-0.15, -0.1) is 0 Å². The van der Waals surface area contributed by atoms with Crippen LogP contribution in [0, 0.1) is 0 Å². The summed E-state index contributed by atoms with van der Waals surface area (Å²) >= 11 is 0. The Bertz CT molecular complexity index is 390. The van der Waals surface area contributed by atoms with Crippen LogP contribution in [0.15, 0.2) is 18.5 Å². The molecule has 2 atom stereocenters. The van der Waals surface area contributed by atoms with E-state index in [-0.39, 0.29) is 12.0 Å². The monoisotopic (exact) mass is 235 g/mol. The normalized spacial score (nSPS) is 29.8. The fourth-order valence-corrected chi connectivity index (χ4v) is 2.88. The first kappa shape index (κ1) is 10.8. The van der Waals surface area contributed by atoms with E-state index < -0.39 is 0 Å². The Morgan fingerprint density at radius 2 is 2.41 bits per heavy atom. The standard InChI is InChI=1S/C12H17N3O2/c16-12-11(4-8-17-12)15-7-1-3-10(15)9-14-6-2-5-13-14/h2,5-6,10-11H,1,3-4,7-9H2/t10-,11+/m1/s1. The van der Waals surface area contributed by atoms with Gasteiger partial charge >= 0.3 is 5.97 Å². The lowest BCUT2D eigenvalue weighted by molar-refractivity contribution is -0.142. The van der Waals surface area contributed by atoms with E-state index in [1.165, 1.54) is 0 Å². The van der Waals surface area contributed by atoms with Crippen LogP contribution in [0.1, 0.15) is 19.3 Å². The van der Waals surface area contributed by atoms with Crippen LogP contribution in [0.25, 0.3) is 0 Å². The van der Waals surface area contributed by atoms with Crippen molar-refractivity contribution in [3.8, 4) is 0 Å². The van der Waals surface area contributed by atoms with Crippen LogP contribution < -0.4 is 0 Å². The zero-order chi connectivity index (χ0) is 11.7. The Kier molecular flexibility index (Phi) is 2.84. The van der Waals surface area contributed by atoms with E-state index in [1.54, 1.807) is 6.20 Å². The molecule has 0 unspecified atom stereocenters. The molecule has 1 aromatic heterocycles. The van der Waals surface area contributed by atoms with Crippen LogP contribution in [0.3, 0.4) is 0 Å². The SMILES string of the molecule is O=C1OCC[C@@H]1N1CCC[C@@H]1Cn1cccn1. The minimum Gasteiger partial charge on any atom is -0.464 e. The van der Waals surface area contributed by atoms with Crippen molar-refractivity contribution >= 4 is 5.97 Å². The summed E-state index contributed by atoms with van der Waals surface area (Å²) < 4.78 is 7.01. The molecule has 2 fully saturated rings. The molecule has 0 radical (unpaired) electrons. The number of likely N-dealkylation sites (tertiary alicyclic amines) is 1. The molecule has 0 saturated carbocycles. The quantitative estimate of drug-likeness (QED) is 0.722. The number of carbonyl (C=O) groups excluding carboxylic acids is 1. The second kappa shape index (κ2) is 4.49. The van der Waals surface area contributed by atoms with Gasteiger partial charge in [-0.05, 0) is 25.5 Å². The predicted octanol–water partition coefficient (Wildman–Crippen LogP) is 0.663. The molecule has 17 heavy (non-hydrogen) atoms. The zero-order valence-electron chi connectivity index (χ0n) is 9.79. The maximum absolute atomic E-state index is 11.6. The van der Waals surface area contributed by atoms with Crippen LogP contribution in [0.2, 0.25) is 0 Å². The van der Waals surface area contributed by atoms with E-state index in [2.05, 4.69) is 10.00 Å². The number of hydrogen-bond acceptors (Lipinski definition) is 4. The Morgan fingerprint density at radius 3 is 3.12 bits per heavy atom. The third-order valence-electron chi connectivity index (χ3n) is 3.69. The minimum atomic E-state index is -0.0441. The van der Waals surface area contributed by atoms with E-state index in [0.717, 1.165) is 32.4 Å². The molecule has 3 heterocycles. The Hall–Kier alpha value is -1.36. The van der Waals surface area contributed by atoms with Crippen molar-refractivity contribution in [1.29, 1.82) is 0 Å². The summed E-state index contributed by atoms with van der Waals surface area (Å²) in [5.41, 5.74) is 0. The number of hydrogen-bond donors (Lipinski definition) is 0.